The predicted octanol–water partition coefficient (Wildman–Crippen LogP) is 1.36. The van der Waals surface area contributed by atoms with E-state index in [0.717, 1.165) is 6.42 Å². The van der Waals surface area contributed by atoms with Gasteiger partial charge in [0.1, 0.15) is 0 Å². The van der Waals surface area contributed by atoms with Crippen molar-refractivity contribution in [1.29, 1.82) is 0 Å². The molecule has 0 spiro atoms. The van der Waals surface area contributed by atoms with Gasteiger partial charge in [-0.05, 0) is 12.3 Å². The molecule has 0 saturated carbocycles. The maximum atomic E-state index is 11.5. The smallest absolute Gasteiger partial charge is 0.214 e. The average molecular weight is 302 g/mol. The highest BCUT2D eigenvalue weighted by atomic mass is 79.9. The Morgan fingerprint density at radius 1 is 1.40 bits per heavy atom. The minimum atomic E-state index is -3.21. The summed E-state index contributed by atoms with van der Waals surface area (Å²) in [6, 6.07) is -0.0353. The zero-order chi connectivity index (χ0) is 11.9. The Hall–Kier alpha value is 0.350. The first kappa shape index (κ1) is 15.3. The normalized spacial score (nSPS) is 14.5. The molecule has 0 aromatic rings. The lowest BCUT2D eigenvalue weighted by Gasteiger charge is -2.18. The first-order valence-corrected chi connectivity index (χ1v) is 7.73. The summed E-state index contributed by atoms with van der Waals surface area (Å²) in [6.07, 6.45) is 0.831. The molecular weight excluding hydrogens is 282 g/mol. The monoisotopic (exact) mass is 301 g/mol. The van der Waals surface area contributed by atoms with Crippen molar-refractivity contribution in [2.24, 2.45) is 5.92 Å². The van der Waals surface area contributed by atoms with Crippen molar-refractivity contribution in [3.05, 3.63) is 0 Å². The molecule has 1 unspecified atom stereocenters. The molecule has 4 nitrogen and oxygen atoms in total. The van der Waals surface area contributed by atoms with Crippen molar-refractivity contribution in [1.82, 2.24) is 4.72 Å². The number of rotatable bonds is 8. The highest BCUT2D eigenvalue weighted by Crippen LogP contribution is 2.08. The Morgan fingerprint density at radius 3 is 2.40 bits per heavy atom. The number of sulfonamides is 1. The summed E-state index contributed by atoms with van der Waals surface area (Å²) in [5.74, 6) is 0.489. The zero-order valence-corrected chi connectivity index (χ0v) is 11.9. The molecule has 0 aromatic carbocycles. The number of ether oxygens (including phenoxy) is 1. The molecule has 0 aromatic heterocycles. The average Bonchev–Trinajstić information content (AvgIpc) is 2.12. The first-order chi connectivity index (χ1) is 6.91. The number of alkyl halides is 1. The second-order valence-electron chi connectivity index (χ2n) is 3.91. The molecule has 0 aliphatic rings. The van der Waals surface area contributed by atoms with Crippen molar-refractivity contribution < 1.29 is 13.2 Å². The molecule has 0 aliphatic carbocycles. The van der Waals surface area contributed by atoms with Gasteiger partial charge in [0.15, 0.2) is 0 Å². The van der Waals surface area contributed by atoms with Crippen LogP contribution in [0.25, 0.3) is 0 Å². The van der Waals surface area contributed by atoms with Gasteiger partial charge in [0.25, 0.3) is 0 Å². The molecule has 6 heteroatoms. The van der Waals surface area contributed by atoms with E-state index in [9.17, 15) is 8.42 Å². The molecule has 0 fully saturated rings. The van der Waals surface area contributed by atoms with Gasteiger partial charge >= 0.3 is 0 Å². The van der Waals surface area contributed by atoms with E-state index >= 15 is 0 Å². The lowest BCUT2D eigenvalue weighted by molar-refractivity contribution is 0.216. The van der Waals surface area contributed by atoms with E-state index in [2.05, 4.69) is 34.5 Å². The lowest BCUT2D eigenvalue weighted by Crippen LogP contribution is -2.39. The van der Waals surface area contributed by atoms with Crippen LogP contribution in [0, 0.1) is 5.92 Å². The van der Waals surface area contributed by atoms with Crippen LogP contribution in [0.4, 0.5) is 0 Å². The fourth-order valence-corrected chi connectivity index (χ4v) is 3.05. The predicted molar refractivity (Wildman–Crippen MR) is 65.8 cm³/mol. The summed E-state index contributed by atoms with van der Waals surface area (Å²) in [6.45, 7) is 4.37. The van der Waals surface area contributed by atoms with E-state index in [1.165, 1.54) is 7.11 Å². The van der Waals surface area contributed by atoms with Crippen LogP contribution in [0.2, 0.25) is 0 Å². The number of methoxy groups -OCH3 is 1. The van der Waals surface area contributed by atoms with Crippen molar-refractivity contribution in [3.8, 4) is 0 Å². The Bertz CT molecular complexity index is 254. The maximum Gasteiger partial charge on any atom is 0.214 e. The SMILES string of the molecule is COCCS(=O)(=O)NC(CBr)CC(C)C. The van der Waals surface area contributed by atoms with Crippen LogP contribution < -0.4 is 4.72 Å². The van der Waals surface area contributed by atoms with Gasteiger partial charge in [0, 0.05) is 18.5 Å². The van der Waals surface area contributed by atoms with Gasteiger partial charge in [-0.25, -0.2) is 13.1 Å². The first-order valence-electron chi connectivity index (χ1n) is 4.96. The minimum absolute atomic E-state index is 0.0189. The molecule has 0 aliphatic heterocycles. The molecule has 0 bridgehead atoms. The van der Waals surface area contributed by atoms with E-state index in [4.69, 9.17) is 4.74 Å². The summed E-state index contributed by atoms with van der Waals surface area (Å²) in [5.41, 5.74) is 0. The fourth-order valence-electron chi connectivity index (χ4n) is 1.22. The topological polar surface area (TPSA) is 55.4 Å². The Morgan fingerprint density at radius 2 is 2.00 bits per heavy atom. The summed E-state index contributed by atoms with van der Waals surface area (Å²) < 4.78 is 30.5. The van der Waals surface area contributed by atoms with Crippen molar-refractivity contribution in [2.75, 3.05) is 24.8 Å². The van der Waals surface area contributed by atoms with E-state index in [1.807, 2.05) is 0 Å². The lowest BCUT2D eigenvalue weighted by atomic mass is 10.1. The number of nitrogens with one attached hydrogen (secondary N) is 1. The third kappa shape index (κ3) is 8.19. The molecule has 0 radical (unpaired) electrons. The van der Waals surface area contributed by atoms with Crippen LogP contribution in [0.5, 0.6) is 0 Å². The van der Waals surface area contributed by atoms with Gasteiger partial charge in [0.2, 0.25) is 10.0 Å². The van der Waals surface area contributed by atoms with Gasteiger partial charge in [-0.3, -0.25) is 0 Å². The molecular formula is C9H20BrNO3S. The fraction of sp³-hybridized carbons (Fsp3) is 1.00. The summed E-state index contributed by atoms with van der Waals surface area (Å²) >= 11 is 3.31. The molecule has 1 N–H and O–H groups in total. The Labute approximate surface area is 101 Å². The molecule has 15 heavy (non-hydrogen) atoms. The van der Waals surface area contributed by atoms with Gasteiger partial charge < -0.3 is 4.74 Å². The third-order valence-electron chi connectivity index (χ3n) is 1.84. The van der Waals surface area contributed by atoms with Crippen molar-refractivity contribution >= 4 is 26.0 Å². The summed E-state index contributed by atoms with van der Waals surface area (Å²) in [7, 11) is -1.71. The van der Waals surface area contributed by atoms with Crippen molar-refractivity contribution in [3.63, 3.8) is 0 Å². The van der Waals surface area contributed by atoms with Gasteiger partial charge in [-0.1, -0.05) is 29.8 Å². The Balaban J connectivity index is 4.15. The largest absolute Gasteiger partial charge is 0.384 e. The molecule has 1 atom stereocenters. The molecule has 92 valence electrons. The second kappa shape index (κ2) is 7.60. The second-order valence-corrected chi connectivity index (χ2v) is 6.43. The van der Waals surface area contributed by atoms with Gasteiger partial charge in [-0.15, -0.1) is 0 Å². The highest BCUT2D eigenvalue weighted by molar-refractivity contribution is 9.09. The number of hydrogen-bond acceptors (Lipinski definition) is 3. The van der Waals surface area contributed by atoms with Crippen molar-refractivity contribution in [2.45, 2.75) is 26.3 Å². The Kier molecular flexibility index (Phi) is 7.77. The maximum absolute atomic E-state index is 11.5. The number of hydrogen-bond donors (Lipinski definition) is 1. The van der Waals surface area contributed by atoms with E-state index in [0.29, 0.717) is 11.2 Å². The van der Waals surface area contributed by atoms with E-state index < -0.39 is 10.0 Å². The van der Waals surface area contributed by atoms with E-state index in [1.54, 1.807) is 0 Å². The molecule has 0 heterocycles. The van der Waals surface area contributed by atoms with Crippen LogP contribution in [0.15, 0.2) is 0 Å². The highest BCUT2D eigenvalue weighted by Gasteiger charge is 2.17. The van der Waals surface area contributed by atoms with Gasteiger partial charge in [-0.2, -0.15) is 0 Å². The quantitative estimate of drug-likeness (QED) is 0.689. The zero-order valence-electron chi connectivity index (χ0n) is 9.49. The number of halogens is 1. The summed E-state index contributed by atoms with van der Waals surface area (Å²) in [4.78, 5) is 0. The van der Waals surface area contributed by atoms with E-state index in [-0.39, 0.29) is 18.4 Å². The summed E-state index contributed by atoms with van der Waals surface area (Å²) in [5, 5.41) is 0.636. The third-order valence-corrected chi connectivity index (χ3v) is 4.02. The minimum Gasteiger partial charge on any atom is -0.384 e. The van der Waals surface area contributed by atoms with Crippen LogP contribution in [-0.4, -0.2) is 39.3 Å². The van der Waals surface area contributed by atoms with Crippen LogP contribution in [0.1, 0.15) is 20.3 Å². The molecule has 0 amide bonds. The van der Waals surface area contributed by atoms with Crippen LogP contribution in [-0.2, 0) is 14.8 Å². The van der Waals surface area contributed by atoms with Gasteiger partial charge in [0.05, 0.1) is 12.4 Å². The standard InChI is InChI=1S/C9H20BrNO3S/c1-8(2)6-9(7-10)11-15(12,13)5-4-14-3/h8-9,11H,4-7H2,1-3H3. The van der Waals surface area contributed by atoms with Crippen LogP contribution in [0.3, 0.4) is 0 Å². The molecule has 0 rings (SSSR count). The van der Waals surface area contributed by atoms with Crippen LogP contribution >= 0.6 is 15.9 Å². The molecule has 0 saturated heterocycles.